The molecular weight excluding hydrogens is 254 g/mol. The van der Waals surface area contributed by atoms with Crippen molar-refractivity contribution in [2.45, 2.75) is 13.0 Å². The zero-order chi connectivity index (χ0) is 14.2. The molecule has 1 heterocycles. The molecule has 102 valence electrons. The standard InChI is InChI=1S/C15H15N3O2/c1-12(20-14-8-3-2-4-9-14)15(19)18-17-11-13-7-5-6-10-16-13/h2-12H,1H3,(H,18,19)/b17-11-/t12-/m0/s1. The van der Waals surface area contributed by atoms with Crippen LogP contribution in [0.1, 0.15) is 12.6 Å². The van der Waals surface area contributed by atoms with Crippen molar-refractivity contribution >= 4 is 12.1 Å². The molecule has 20 heavy (non-hydrogen) atoms. The van der Waals surface area contributed by atoms with Crippen LogP contribution in [-0.4, -0.2) is 23.2 Å². The van der Waals surface area contributed by atoms with Gasteiger partial charge in [-0.1, -0.05) is 24.3 Å². The molecule has 0 aliphatic carbocycles. The first-order valence-electron chi connectivity index (χ1n) is 6.21. The third-order valence-corrected chi connectivity index (χ3v) is 2.48. The van der Waals surface area contributed by atoms with Crippen LogP contribution in [0, 0.1) is 0 Å². The van der Waals surface area contributed by atoms with Gasteiger partial charge in [-0.05, 0) is 31.2 Å². The maximum atomic E-state index is 11.8. The lowest BCUT2D eigenvalue weighted by atomic mass is 10.3. The average molecular weight is 269 g/mol. The lowest BCUT2D eigenvalue weighted by molar-refractivity contribution is -0.127. The van der Waals surface area contributed by atoms with Crippen molar-refractivity contribution in [2.75, 3.05) is 0 Å². The van der Waals surface area contributed by atoms with Gasteiger partial charge < -0.3 is 4.74 Å². The second-order valence-electron chi connectivity index (χ2n) is 4.06. The van der Waals surface area contributed by atoms with Crippen molar-refractivity contribution in [3.8, 4) is 5.75 Å². The van der Waals surface area contributed by atoms with Crippen LogP contribution in [0.4, 0.5) is 0 Å². The van der Waals surface area contributed by atoms with E-state index in [9.17, 15) is 4.79 Å². The minimum Gasteiger partial charge on any atom is -0.481 e. The summed E-state index contributed by atoms with van der Waals surface area (Å²) in [7, 11) is 0. The van der Waals surface area contributed by atoms with Crippen molar-refractivity contribution in [3.63, 3.8) is 0 Å². The Labute approximate surface area is 117 Å². The van der Waals surface area contributed by atoms with E-state index in [4.69, 9.17) is 4.74 Å². The number of para-hydroxylation sites is 1. The molecule has 5 heteroatoms. The first-order valence-corrected chi connectivity index (χ1v) is 6.21. The van der Waals surface area contributed by atoms with Crippen molar-refractivity contribution in [1.29, 1.82) is 0 Å². The quantitative estimate of drug-likeness (QED) is 0.667. The van der Waals surface area contributed by atoms with Crippen LogP contribution in [-0.2, 0) is 4.79 Å². The van der Waals surface area contributed by atoms with Gasteiger partial charge in [0.05, 0.1) is 11.9 Å². The highest BCUT2D eigenvalue weighted by Gasteiger charge is 2.13. The van der Waals surface area contributed by atoms with Gasteiger partial charge in [-0.25, -0.2) is 5.43 Å². The predicted octanol–water partition coefficient (Wildman–Crippen LogP) is 2.00. The lowest BCUT2D eigenvalue weighted by Crippen LogP contribution is -2.33. The number of aromatic nitrogens is 1. The first kappa shape index (κ1) is 13.7. The topological polar surface area (TPSA) is 63.6 Å². The molecule has 1 aromatic heterocycles. The third-order valence-electron chi connectivity index (χ3n) is 2.48. The van der Waals surface area contributed by atoms with Gasteiger partial charge in [0.25, 0.3) is 5.91 Å². The lowest BCUT2D eigenvalue weighted by Gasteiger charge is -2.12. The fraction of sp³-hybridized carbons (Fsp3) is 0.133. The van der Waals surface area contributed by atoms with Crippen LogP contribution >= 0.6 is 0 Å². The first-order chi connectivity index (χ1) is 9.75. The highest BCUT2D eigenvalue weighted by atomic mass is 16.5. The molecule has 0 radical (unpaired) electrons. The Kier molecular flexibility index (Phi) is 4.83. The zero-order valence-electron chi connectivity index (χ0n) is 11.1. The molecule has 0 spiro atoms. The third kappa shape index (κ3) is 4.20. The van der Waals surface area contributed by atoms with Crippen LogP contribution in [0.15, 0.2) is 59.8 Å². The summed E-state index contributed by atoms with van der Waals surface area (Å²) < 4.78 is 5.48. The van der Waals surface area contributed by atoms with Crippen LogP contribution in [0.25, 0.3) is 0 Å². The van der Waals surface area contributed by atoms with E-state index in [0.29, 0.717) is 11.4 Å². The fourth-order valence-corrected chi connectivity index (χ4v) is 1.46. The minimum absolute atomic E-state index is 0.318. The molecular formula is C15H15N3O2. The minimum atomic E-state index is -0.627. The molecule has 1 N–H and O–H groups in total. The van der Waals surface area contributed by atoms with E-state index in [0.717, 1.165) is 0 Å². The summed E-state index contributed by atoms with van der Waals surface area (Å²) in [4.78, 5) is 15.8. The Morgan fingerprint density at radius 1 is 1.25 bits per heavy atom. The number of rotatable bonds is 5. The largest absolute Gasteiger partial charge is 0.481 e. The Morgan fingerprint density at radius 2 is 2.00 bits per heavy atom. The molecule has 0 saturated heterocycles. The molecule has 0 bridgehead atoms. The van der Waals surface area contributed by atoms with Gasteiger partial charge in [0.15, 0.2) is 6.10 Å². The molecule has 0 aliphatic heterocycles. The van der Waals surface area contributed by atoms with E-state index in [1.165, 1.54) is 6.21 Å². The number of nitrogens with zero attached hydrogens (tertiary/aromatic N) is 2. The second-order valence-corrected chi connectivity index (χ2v) is 4.06. The Morgan fingerprint density at radius 3 is 2.70 bits per heavy atom. The number of carbonyl (C=O) groups excluding carboxylic acids is 1. The fourth-order valence-electron chi connectivity index (χ4n) is 1.46. The van der Waals surface area contributed by atoms with Crippen molar-refractivity contribution < 1.29 is 9.53 Å². The van der Waals surface area contributed by atoms with E-state index >= 15 is 0 Å². The molecule has 2 aromatic rings. The Balaban J connectivity index is 1.84. The number of benzene rings is 1. The average Bonchev–Trinajstić information content (AvgIpc) is 2.49. The summed E-state index contributed by atoms with van der Waals surface area (Å²) in [6.45, 7) is 1.67. The molecule has 1 aromatic carbocycles. The highest BCUT2D eigenvalue weighted by Crippen LogP contribution is 2.10. The smallest absolute Gasteiger partial charge is 0.280 e. The molecule has 2 rings (SSSR count). The maximum absolute atomic E-state index is 11.8. The van der Waals surface area contributed by atoms with Crippen molar-refractivity contribution in [1.82, 2.24) is 10.4 Å². The van der Waals surface area contributed by atoms with Crippen LogP contribution in [0.3, 0.4) is 0 Å². The summed E-state index contributed by atoms with van der Waals surface area (Å²) in [6.07, 6.45) is 2.51. The van der Waals surface area contributed by atoms with Gasteiger partial charge in [0.2, 0.25) is 0 Å². The Hall–Kier alpha value is -2.69. The summed E-state index contributed by atoms with van der Waals surface area (Å²) in [5.41, 5.74) is 3.09. The summed E-state index contributed by atoms with van der Waals surface area (Å²) in [6, 6.07) is 14.6. The van der Waals surface area contributed by atoms with Gasteiger partial charge in [0, 0.05) is 6.20 Å². The summed E-state index contributed by atoms with van der Waals surface area (Å²) in [5, 5.41) is 3.84. The van der Waals surface area contributed by atoms with E-state index < -0.39 is 6.10 Å². The van der Waals surface area contributed by atoms with Gasteiger partial charge in [0.1, 0.15) is 5.75 Å². The number of carbonyl (C=O) groups is 1. The Bertz CT molecular complexity index is 570. The molecule has 0 fully saturated rings. The molecule has 1 amide bonds. The van der Waals surface area contributed by atoms with E-state index in [2.05, 4.69) is 15.5 Å². The number of pyridine rings is 1. The predicted molar refractivity (Wildman–Crippen MR) is 76.5 cm³/mol. The SMILES string of the molecule is C[C@H](Oc1ccccc1)C(=O)N/N=C\c1ccccn1. The molecule has 0 unspecified atom stereocenters. The van der Waals surface area contributed by atoms with Crippen LogP contribution < -0.4 is 10.2 Å². The van der Waals surface area contributed by atoms with Crippen LogP contribution in [0.5, 0.6) is 5.75 Å². The summed E-state index contributed by atoms with van der Waals surface area (Å²) in [5.74, 6) is 0.324. The normalized spacial score (nSPS) is 12.1. The highest BCUT2D eigenvalue weighted by molar-refractivity contribution is 5.83. The number of nitrogens with one attached hydrogen (secondary N) is 1. The second kappa shape index (κ2) is 7.04. The van der Waals surface area contributed by atoms with E-state index in [1.54, 1.807) is 31.3 Å². The number of hydrogen-bond acceptors (Lipinski definition) is 4. The van der Waals surface area contributed by atoms with Crippen molar-refractivity contribution in [3.05, 3.63) is 60.4 Å². The number of hydrazone groups is 1. The van der Waals surface area contributed by atoms with Gasteiger partial charge in [-0.3, -0.25) is 9.78 Å². The van der Waals surface area contributed by atoms with E-state index in [1.807, 2.05) is 30.3 Å². The molecule has 0 aliphatic rings. The van der Waals surface area contributed by atoms with Gasteiger partial charge >= 0.3 is 0 Å². The van der Waals surface area contributed by atoms with Gasteiger partial charge in [-0.2, -0.15) is 5.10 Å². The van der Waals surface area contributed by atoms with Crippen molar-refractivity contribution in [2.24, 2.45) is 5.10 Å². The molecule has 5 nitrogen and oxygen atoms in total. The summed E-state index contributed by atoms with van der Waals surface area (Å²) >= 11 is 0. The zero-order valence-corrected chi connectivity index (χ0v) is 11.1. The molecule has 0 saturated carbocycles. The monoisotopic (exact) mass is 269 g/mol. The van der Waals surface area contributed by atoms with Crippen LogP contribution in [0.2, 0.25) is 0 Å². The maximum Gasteiger partial charge on any atom is 0.280 e. The van der Waals surface area contributed by atoms with E-state index in [-0.39, 0.29) is 5.91 Å². The molecule has 1 atom stereocenters. The van der Waals surface area contributed by atoms with Gasteiger partial charge in [-0.15, -0.1) is 0 Å². The number of hydrogen-bond donors (Lipinski definition) is 1. The number of amides is 1. The number of ether oxygens (including phenoxy) is 1.